The minimum absolute atomic E-state index is 0.549. The Morgan fingerprint density at radius 1 is 1.31 bits per heavy atom. The number of hydrogen-bond acceptors (Lipinski definition) is 2. The molecule has 0 aliphatic carbocycles. The molecule has 0 fully saturated rings. The lowest BCUT2D eigenvalue weighted by molar-refractivity contribution is 0.699. The van der Waals surface area contributed by atoms with Crippen molar-refractivity contribution in [3.8, 4) is 6.07 Å². The molecule has 13 heavy (non-hydrogen) atoms. The van der Waals surface area contributed by atoms with E-state index >= 15 is 0 Å². The number of hydrogen-bond donors (Lipinski definition) is 1. The minimum Gasteiger partial charge on any atom is -0.312 e. The van der Waals surface area contributed by atoms with Crippen molar-refractivity contribution in [2.24, 2.45) is 0 Å². The summed E-state index contributed by atoms with van der Waals surface area (Å²) in [4.78, 5) is 0. The maximum Gasteiger partial charge on any atom is 0.0635 e. The molecule has 0 aliphatic heterocycles. The SMILES string of the molecule is N#CCCNCc1ccc(Cl)cc1. The lowest BCUT2D eigenvalue weighted by atomic mass is 10.2. The van der Waals surface area contributed by atoms with E-state index in [0.717, 1.165) is 18.1 Å². The summed E-state index contributed by atoms with van der Waals surface area (Å²) in [5, 5.41) is 12.2. The van der Waals surface area contributed by atoms with Gasteiger partial charge in [0.15, 0.2) is 0 Å². The Morgan fingerprint density at radius 3 is 2.62 bits per heavy atom. The Morgan fingerprint density at radius 2 is 2.00 bits per heavy atom. The van der Waals surface area contributed by atoms with Crippen molar-refractivity contribution >= 4 is 11.6 Å². The van der Waals surface area contributed by atoms with E-state index in [2.05, 4.69) is 11.4 Å². The Bertz CT molecular complexity index is 287. The molecule has 0 unspecified atom stereocenters. The summed E-state index contributed by atoms with van der Waals surface area (Å²) in [6.07, 6.45) is 0.549. The van der Waals surface area contributed by atoms with Crippen LogP contribution in [0.2, 0.25) is 5.02 Å². The van der Waals surface area contributed by atoms with E-state index in [-0.39, 0.29) is 0 Å². The molecular formula is C10H11ClN2. The largest absolute Gasteiger partial charge is 0.312 e. The van der Waals surface area contributed by atoms with Crippen molar-refractivity contribution in [3.63, 3.8) is 0 Å². The lowest BCUT2D eigenvalue weighted by Gasteiger charge is -2.01. The monoisotopic (exact) mass is 194 g/mol. The van der Waals surface area contributed by atoms with Gasteiger partial charge in [-0.05, 0) is 17.7 Å². The van der Waals surface area contributed by atoms with Crippen LogP contribution in [-0.4, -0.2) is 6.54 Å². The molecule has 0 heterocycles. The summed E-state index contributed by atoms with van der Waals surface area (Å²) in [7, 11) is 0. The highest BCUT2D eigenvalue weighted by Crippen LogP contribution is 2.08. The fourth-order valence-electron chi connectivity index (χ4n) is 0.979. The number of rotatable bonds is 4. The second-order valence-electron chi connectivity index (χ2n) is 2.71. The van der Waals surface area contributed by atoms with Crippen molar-refractivity contribution in [2.45, 2.75) is 13.0 Å². The Labute approximate surface area is 83.1 Å². The van der Waals surface area contributed by atoms with Gasteiger partial charge in [-0.3, -0.25) is 0 Å². The summed E-state index contributed by atoms with van der Waals surface area (Å²) < 4.78 is 0. The van der Waals surface area contributed by atoms with Gasteiger partial charge < -0.3 is 5.32 Å². The second-order valence-corrected chi connectivity index (χ2v) is 3.15. The van der Waals surface area contributed by atoms with E-state index in [1.54, 1.807) is 0 Å². The smallest absolute Gasteiger partial charge is 0.0635 e. The molecule has 2 nitrogen and oxygen atoms in total. The van der Waals surface area contributed by atoms with Gasteiger partial charge >= 0.3 is 0 Å². The number of nitriles is 1. The van der Waals surface area contributed by atoms with Crippen LogP contribution >= 0.6 is 11.6 Å². The molecule has 0 bridgehead atoms. The highest BCUT2D eigenvalue weighted by Gasteiger charge is 1.91. The molecule has 1 rings (SSSR count). The first kappa shape index (κ1) is 10.0. The molecule has 3 heteroatoms. The number of benzene rings is 1. The third-order valence-electron chi connectivity index (χ3n) is 1.66. The first-order chi connectivity index (χ1) is 6.33. The molecule has 1 aromatic rings. The predicted molar refractivity (Wildman–Crippen MR) is 53.4 cm³/mol. The molecule has 0 radical (unpaired) electrons. The zero-order chi connectivity index (χ0) is 9.52. The zero-order valence-electron chi connectivity index (χ0n) is 7.26. The third-order valence-corrected chi connectivity index (χ3v) is 1.91. The van der Waals surface area contributed by atoms with E-state index in [0.29, 0.717) is 6.42 Å². The van der Waals surface area contributed by atoms with Crippen LogP contribution in [0, 0.1) is 11.3 Å². The van der Waals surface area contributed by atoms with E-state index in [1.807, 2.05) is 24.3 Å². The van der Waals surface area contributed by atoms with Crippen molar-refractivity contribution < 1.29 is 0 Å². The summed E-state index contributed by atoms with van der Waals surface area (Å²) in [5.74, 6) is 0. The van der Waals surface area contributed by atoms with Gasteiger partial charge in [0.1, 0.15) is 0 Å². The molecule has 0 amide bonds. The molecule has 0 aliphatic rings. The van der Waals surface area contributed by atoms with Gasteiger partial charge in [0.05, 0.1) is 6.07 Å². The van der Waals surface area contributed by atoms with Crippen LogP contribution in [0.25, 0.3) is 0 Å². The van der Waals surface area contributed by atoms with Crippen molar-refractivity contribution in [1.29, 1.82) is 5.26 Å². The zero-order valence-corrected chi connectivity index (χ0v) is 8.01. The predicted octanol–water partition coefficient (Wildman–Crippen LogP) is 2.34. The summed E-state index contributed by atoms with van der Waals surface area (Å²) in [6.45, 7) is 1.53. The highest BCUT2D eigenvalue weighted by atomic mass is 35.5. The van der Waals surface area contributed by atoms with Gasteiger partial charge in [0.25, 0.3) is 0 Å². The van der Waals surface area contributed by atoms with Crippen LogP contribution in [-0.2, 0) is 6.54 Å². The first-order valence-corrected chi connectivity index (χ1v) is 4.53. The second kappa shape index (κ2) is 5.58. The average molecular weight is 195 g/mol. The molecule has 0 saturated carbocycles. The molecule has 0 aromatic heterocycles. The quantitative estimate of drug-likeness (QED) is 0.747. The summed E-state index contributed by atoms with van der Waals surface area (Å²) >= 11 is 5.73. The van der Waals surface area contributed by atoms with Crippen LogP contribution in [0.4, 0.5) is 0 Å². The lowest BCUT2D eigenvalue weighted by Crippen LogP contribution is -2.13. The fraction of sp³-hybridized carbons (Fsp3) is 0.300. The number of halogens is 1. The molecule has 0 atom stereocenters. The molecule has 1 aromatic carbocycles. The van der Waals surface area contributed by atoms with E-state index in [9.17, 15) is 0 Å². The van der Waals surface area contributed by atoms with Crippen molar-refractivity contribution in [2.75, 3.05) is 6.54 Å². The minimum atomic E-state index is 0.549. The van der Waals surface area contributed by atoms with Gasteiger partial charge in [-0.15, -0.1) is 0 Å². The topological polar surface area (TPSA) is 35.8 Å². The van der Waals surface area contributed by atoms with E-state index < -0.39 is 0 Å². The number of nitrogens with one attached hydrogen (secondary N) is 1. The Kier molecular flexibility index (Phi) is 4.31. The first-order valence-electron chi connectivity index (χ1n) is 4.15. The summed E-state index contributed by atoms with van der Waals surface area (Å²) in [5.41, 5.74) is 1.18. The van der Waals surface area contributed by atoms with Crippen LogP contribution in [0.15, 0.2) is 24.3 Å². The Balaban J connectivity index is 2.30. The van der Waals surface area contributed by atoms with Crippen molar-refractivity contribution in [3.05, 3.63) is 34.9 Å². The third kappa shape index (κ3) is 3.93. The standard InChI is InChI=1S/C10H11ClN2/c11-10-4-2-9(3-5-10)8-13-7-1-6-12/h2-5,13H,1,7-8H2. The molecule has 68 valence electrons. The van der Waals surface area contributed by atoms with Gasteiger partial charge in [-0.2, -0.15) is 5.26 Å². The maximum atomic E-state index is 8.29. The van der Waals surface area contributed by atoms with Crippen LogP contribution in [0.3, 0.4) is 0 Å². The van der Waals surface area contributed by atoms with Crippen LogP contribution < -0.4 is 5.32 Å². The molecule has 0 spiro atoms. The van der Waals surface area contributed by atoms with Crippen molar-refractivity contribution in [1.82, 2.24) is 5.32 Å². The van der Waals surface area contributed by atoms with Gasteiger partial charge in [0.2, 0.25) is 0 Å². The summed E-state index contributed by atoms with van der Waals surface area (Å²) in [6, 6.07) is 9.76. The normalized spacial score (nSPS) is 9.54. The van der Waals surface area contributed by atoms with Crippen LogP contribution in [0.1, 0.15) is 12.0 Å². The van der Waals surface area contributed by atoms with Gasteiger partial charge in [-0.25, -0.2) is 0 Å². The average Bonchev–Trinajstić information content (AvgIpc) is 2.15. The number of nitrogens with zero attached hydrogens (tertiary/aromatic N) is 1. The van der Waals surface area contributed by atoms with Gasteiger partial charge in [0, 0.05) is 24.5 Å². The van der Waals surface area contributed by atoms with Gasteiger partial charge in [-0.1, -0.05) is 23.7 Å². The Hall–Kier alpha value is -1.04. The fourth-order valence-corrected chi connectivity index (χ4v) is 1.11. The maximum absolute atomic E-state index is 8.29. The molecule has 1 N–H and O–H groups in total. The van der Waals surface area contributed by atoms with E-state index in [4.69, 9.17) is 16.9 Å². The van der Waals surface area contributed by atoms with Crippen LogP contribution in [0.5, 0.6) is 0 Å². The molecule has 0 saturated heterocycles. The highest BCUT2D eigenvalue weighted by molar-refractivity contribution is 6.30. The van der Waals surface area contributed by atoms with E-state index in [1.165, 1.54) is 5.56 Å². The molecular weight excluding hydrogens is 184 g/mol.